The monoisotopic (exact) mass is 285 g/mol. The molecule has 1 fully saturated rings. The molecule has 0 bridgehead atoms. The van der Waals surface area contributed by atoms with E-state index in [1.54, 1.807) is 7.11 Å². The third kappa shape index (κ3) is 3.60. The SMILES string of the molecule is CCNC(c1ccc(OC)c(Cl)c1)C1COCCO1. The molecule has 1 aliphatic rings. The van der Waals surface area contributed by atoms with Gasteiger partial charge in [-0.3, -0.25) is 0 Å². The van der Waals surface area contributed by atoms with Gasteiger partial charge in [-0.05, 0) is 24.2 Å². The normalized spacial score (nSPS) is 21.1. The van der Waals surface area contributed by atoms with Gasteiger partial charge in [-0.15, -0.1) is 0 Å². The van der Waals surface area contributed by atoms with Gasteiger partial charge in [0.2, 0.25) is 0 Å². The van der Waals surface area contributed by atoms with Gasteiger partial charge in [-0.2, -0.15) is 0 Å². The lowest BCUT2D eigenvalue weighted by molar-refractivity contribution is -0.102. The summed E-state index contributed by atoms with van der Waals surface area (Å²) >= 11 is 6.19. The maximum atomic E-state index is 6.19. The van der Waals surface area contributed by atoms with Crippen molar-refractivity contribution < 1.29 is 14.2 Å². The summed E-state index contributed by atoms with van der Waals surface area (Å²) < 4.78 is 16.4. The van der Waals surface area contributed by atoms with Gasteiger partial charge in [0.05, 0.1) is 38.0 Å². The highest BCUT2D eigenvalue weighted by Gasteiger charge is 2.26. The second kappa shape index (κ2) is 7.10. The maximum absolute atomic E-state index is 6.19. The minimum absolute atomic E-state index is 0.0122. The Morgan fingerprint density at radius 1 is 1.47 bits per heavy atom. The average Bonchev–Trinajstić information content (AvgIpc) is 2.45. The van der Waals surface area contributed by atoms with E-state index in [0.717, 1.165) is 12.1 Å². The molecule has 106 valence electrons. The number of hydrogen-bond acceptors (Lipinski definition) is 4. The molecule has 0 radical (unpaired) electrons. The lowest BCUT2D eigenvalue weighted by Crippen LogP contribution is -2.40. The molecule has 1 aromatic rings. The van der Waals surface area contributed by atoms with E-state index in [-0.39, 0.29) is 12.1 Å². The topological polar surface area (TPSA) is 39.7 Å². The second-order valence-corrected chi connectivity index (χ2v) is 4.82. The second-order valence-electron chi connectivity index (χ2n) is 4.41. The summed E-state index contributed by atoms with van der Waals surface area (Å²) in [6.45, 7) is 4.83. The van der Waals surface area contributed by atoms with E-state index >= 15 is 0 Å². The Balaban J connectivity index is 2.19. The fourth-order valence-corrected chi connectivity index (χ4v) is 2.52. The number of benzene rings is 1. The summed E-state index contributed by atoms with van der Waals surface area (Å²) in [5.74, 6) is 0.682. The van der Waals surface area contributed by atoms with Crippen LogP contribution in [0.25, 0.3) is 0 Å². The van der Waals surface area contributed by atoms with Crippen molar-refractivity contribution in [2.45, 2.75) is 19.1 Å². The van der Waals surface area contributed by atoms with Crippen LogP contribution in [0.2, 0.25) is 5.02 Å². The Kier molecular flexibility index (Phi) is 5.45. The fourth-order valence-electron chi connectivity index (χ4n) is 2.26. The van der Waals surface area contributed by atoms with Crippen LogP contribution in [0.15, 0.2) is 18.2 Å². The quantitative estimate of drug-likeness (QED) is 0.902. The molecule has 5 heteroatoms. The van der Waals surface area contributed by atoms with E-state index in [2.05, 4.69) is 12.2 Å². The highest BCUT2D eigenvalue weighted by molar-refractivity contribution is 6.32. The smallest absolute Gasteiger partial charge is 0.137 e. The number of ether oxygens (including phenoxy) is 3. The standard InChI is InChI=1S/C14H20ClNO3/c1-3-16-14(13-9-18-6-7-19-13)10-4-5-12(17-2)11(15)8-10/h4-5,8,13-14,16H,3,6-7,9H2,1-2H3. The minimum Gasteiger partial charge on any atom is -0.495 e. The molecule has 0 aromatic heterocycles. The van der Waals surface area contributed by atoms with Crippen molar-refractivity contribution in [2.24, 2.45) is 0 Å². The average molecular weight is 286 g/mol. The zero-order valence-corrected chi connectivity index (χ0v) is 12.1. The summed E-state index contributed by atoms with van der Waals surface area (Å²) in [5, 5.41) is 4.04. The van der Waals surface area contributed by atoms with E-state index < -0.39 is 0 Å². The molecule has 1 aromatic carbocycles. The predicted molar refractivity (Wildman–Crippen MR) is 75.0 cm³/mol. The van der Waals surface area contributed by atoms with Gasteiger partial charge in [0, 0.05) is 0 Å². The van der Waals surface area contributed by atoms with Crippen LogP contribution in [-0.2, 0) is 9.47 Å². The summed E-state index contributed by atoms with van der Waals surface area (Å²) in [5.41, 5.74) is 1.09. The maximum Gasteiger partial charge on any atom is 0.137 e. The molecule has 0 spiro atoms. The van der Waals surface area contributed by atoms with Gasteiger partial charge in [0.1, 0.15) is 11.9 Å². The van der Waals surface area contributed by atoms with Crippen molar-refractivity contribution >= 4 is 11.6 Å². The Morgan fingerprint density at radius 3 is 2.89 bits per heavy atom. The molecular formula is C14H20ClNO3. The molecule has 0 saturated carbocycles. The summed E-state index contributed by atoms with van der Waals surface area (Å²) in [6.07, 6.45) is 0.0122. The van der Waals surface area contributed by atoms with Crippen molar-refractivity contribution in [3.63, 3.8) is 0 Å². The molecule has 1 saturated heterocycles. The summed E-state index contributed by atoms with van der Waals surface area (Å²) in [4.78, 5) is 0. The Bertz CT molecular complexity index is 408. The van der Waals surface area contributed by atoms with Crippen LogP contribution in [0.3, 0.4) is 0 Å². The van der Waals surface area contributed by atoms with Gasteiger partial charge in [-0.25, -0.2) is 0 Å². The number of hydrogen-bond donors (Lipinski definition) is 1. The Hall–Kier alpha value is -0.810. The van der Waals surface area contributed by atoms with Crippen LogP contribution in [0.4, 0.5) is 0 Å². The molecule has 2 atom stereocenters. The largest absolute Gasteiger partial charge is 0.495 e. The predicted octanol–water partition coefficient (Wildman–Crippen LogP) is 2.41. The first-order valence-corrected chi connectivity index (χ1v) is 6.90. The number of likely N-dealkylation sites (N-methyl/N-ethyl adjacent to an activating group) is 1. The molecular weight excluding hydrogens is 266 g/mol. The van der Waals surface area contributed by atoms with E-state index in [1.807, 2.05) is 18.2 Å². The number of rotatable bonds is 5. The zero-order valence-electron chi connectivity index (χ0n) is 11.3. The first kappa shape index (κ1) is 14.6. The van der Waals surface area contributed by atoms with Crippen LogP contribution in [0.1, 0.15) is 18.5 Å². The third-order valence-electron chi connectivity index (χ3n) is 3.17. The molecule has 2 unspecified atom stereocenters. The van der Waals surface area contributed by atoms with Gasteiger partial charge in [-0.1, -0.05) is 24.6 Å². The number of methoxy groups -OCH3 is 1. The van der Waals surface area contributed by atoms with Crippen molar-refractivity contribution in [3.05, 3.63) is 28.8 Å². The molecule has 2 rings (SSSR count). The van der Waals surface area contributed by atoms with Gasteiger partial charge < -0.3 is 19.5 Å². The van der Waals surface area contributed by atoms with Crippen molar-refractivity contribution in [2.75, 3.05) is 33.5 Å². The fraction of sp³-hybridized carbons (Fsp3) is 0.571. The summed E-state index contributed by atoms with van der Waals surface area (Å²) in [7, 11) is 1.61. The van der Waals surface area contributed by atoms with Crippen molar-refractivity contribution in [1.29, 1.82) is 0 Å². The lowest BCUT2D eigenvalue weighted by atomic mass is 10.0. The lowest BCUT2D eigenvalue weighted by Gasteiger charge is -2.31. The van der Waals surface area contributed by atoms with Crippen LogP contribution < -0.4 is 10.1 Å². The minimum atomic E-state index is 0.0122. The molecule has 0 amide bonds. The van der Waals surface area contributed by atoms with Crippen LogP contribution in [0, 0.1) is 0 Å². The van der Waals surface area contributed by atoms with Crippen LogP contribution >= 0.6 is 11.6 Å². The van der Waals surface area contributed by atoms with E-state index in [9.17, 15) is 0 Å². The molecule has 1 aliphatic heterocycles. The number of nitrogens with one attached hydrogen (secondary N) is 1. The molecule has 4 nitrogen and oxygen atoms in total. The van der Waals surface area contributed by atoms with E-state index in [1.165, 1.54) is 0 Å². The summed E-state index contributed by atoms with van der Waals surface area (Å²) in [6, 6.07) is 5.89. The molecule has 19 heavy (non-hydrogen) atoms. The molecule has 1 N–H and O–H groups in total. The molecule has 1 heterocycles. The van der Waals surface area contributed by atoms with Crippen LogP contribution in [0.5, 0.6) is 5.75 Å². The highest BCUT2D eigenvalue weighted by atomic mass is 35.5. The zero-order chi connectivity index (χ0) is 13.7. The van der Waals surface area contributed by atoms with E-state index in [4.69, 9.17) is 25.8 Å². The van der Waals surface area contributed by atoms with Crippen molar-refractivity contribution in [3.8, 4) is 5.75 Å². The number of halogens is 1. The first-order valence-electron chi connectivity index (χ1n) is 6.52. The Labute approximate surface area is 119 Å². The molecule has 0 aliphatic carbocycles. The Morgan fingerprint density at radius 2 is 2.32 bits per heavy atom. The highest BCUT2D eigenvalue weighted by Crippen LogP contribution is 2.30. The van der Waals surface area contributed by atoms with Gasteiger partial charge in [0.25, 0.3) is 0 Å². The van der Waals surface area contributed by atoms with Gasteiger partial charge in [0.15, 0.2) is 0 Å². The van der Waals surface area contributed by atoms with E-state index in [0.29, 0.717) is 30.6 Å². The third-order valence-corrected chi connectivity index (χ3v) is 3.47. The first-order chi connectivity index (χ1) is 9.26. The van der Waals surface area contributed by atoms with Crippen molar-refractivity contribution in [1.82, 2.24) is 5.32 Å². The van der Waals surface area contributed by atoms with Gasteiger partial charge >= 0.3 is 0 Å². The van der Waals surface area contributed by atoms with Crippen LogP contribution in [-0.4, -0.2) is 39.6 Å².